The molecule has 5 rings (SSSR count). The van der Waals surface area contributed by atoms with Crippen molar-refractivity contribution in [2.24, 2.45) is 4.99 Å². The van der Waals surface area contributed by atoms with Gasteiger partial charge in [0, 0.05) is 5.56 Å². The summed E-state index contributed by atoms with van der Waals surface area (Å²) >= 11 is 1.22. The Hall–Kier alpha value is -4.30. The average Bonchev–Trinajstić information content (AvgIpc) is 3.22. The number of nitrogens with zero attached hydrogens (tertiary/aromatic N) is 2. The predicted molar refractivity (Wildman–Crippen MR) is 144 cm³/mol. The summed E-state index contributed by atoms with van der Waals surface area (Å²) in [5.41, 5.74) is 2.76. The van der Waals surface area contributed by atoms with Gasteiger partial charge in [-0.05, 0) is 49.2 Å². The Morgan fingerprint density at radius 3 is 2.50 bits per heavy atom. The van der Waals surface area contributed by atoms with Crippen LogP contribution < -0.4 is 19.6 Å². The first-order valence-electron chi connectivity index (χ1n) is 12.2. The molecule has 0 radical (unpaired) electrons. The first kappa shape index (κ1) is 25.4. The van der Waals surface area contributed by atoms with Crippen LogP contribution in [0, 0.1) is 5.82 Å². The lowest BCUT2D eigenvalue weighted by molar-refractivity contribution is -0.139. The van der Waals surface area contributed by atoms with Gasteiger partial charge in [-0.1, -0.05) is 72.0 Å². The van der Waals surface area contributed by atoms with Crippen molar-refractivity contribution in [2.45, 2.75) is 26.5 Å². The molecule has 2 heterocycles. The quantitative estimate of drug-likeness (QED) is 0.331. The van der Waals surface area contributed by atoms with Crippen molar-refractivity contribution in [1.29, 1.82) is 0 Å². The Morgan fingerprint density at radius 2 is 1.76 bits per heavy atom. The van der Waals surface area contributed by atoms with E-state index in [1.807, 2.05) is 54.6 Å². The molecule has 0 N–H and O–H groups in total. The second-order valence-electron chi connectivity index (χ2n) is 8.67. The Balaban J connectivity index is 1.61. The monoisotopic (exact) mass is 528 g/mol. The summed E-state index contributed by atoms with van der Waals surface area (Å²) in [6.45, 7) is 4.00. The van der Waals surface area contributed by atoms with Gasteiger partial charge in [-0.3, -0.25) is 9.36 Å². The summed E-state index contributed by atoms with van der Waals surface area (Å²) in [7, 11) is 0. The van der Waals surface area contributed by atoms with Crippen LogP contribution in [0.4, 0.5) is 4.39 Å². The number of fused-ring (bicyclic) bond motifs is 1. The third-order valence-corrected chi connectivity index (χ3v) is 7.13. The van der Waals surface area contributed by atoms with Crippen molar-refractivity contribution in [2.75, 3.05) is 6.61 Å². The molecule has 0 bridgehead atoms. The number of benzene rings is 3. The number of hydrogen-bond acceptors (Lipinski definition) is 6. The predicted octanol–water partition coefficient (Wildman–Crippen LogP) is 4.52. The van der Waals surface area contributed by atoms with Crippen molar-refractivity contribution in [3.05, 3.63) is 132 Å². The van der Waals surface area contributed by atoms with E-state index in [2.05, 4.69) is 4.99 Å². The first-order valence-corrected chi connectivity index (χ1v) is 13.0. The van der Waals surface area contributed by atoms with E-state index in [4.69, 9.17) is 9.47 Å². The average molecular weight is 529 g/mol. The minimum Gasteiger partial charge on any atom is -0.488 e. The van der Waals surface area contributed by atoms with Crippen LogP contribution in [-0.4, -0.2) is 17.1 Å². The standard InChI is InChI=1S/C30H25FN2O4S/c1-3-36-29(35)26-19(2)32-30-33(27(26)21-13-15-23(31)16-14-21)28(34)25(38-30)17-22-11-7-8-12-24(22)37-18-20-9-5-4-6-10-20/h4-17,27H,3,18H2,1-2H3/b25-17+/t27-/m0/s1. The van der Waals surface area contributed by atoms with Crippen LogP contribution in [-0.2, 0) is 16.1 Å². The SMILES string of the molecule is CCOC(=O)C1=C(C)N=c2s/c(=C/c3ccccc3OCc3ccccc3)c(=O)n2[C@H]1c1ccc(F)cc1. The maximum Gasteiger partial charge on any atom is 0.338 e. The molecule has 1 aromatic heterocycles. The zero-order valence-electron chi connectivity index (χ0n) is 20.9. The zero-order valence-corrected chi connectivity index (χ0v) is 21.7. The summed E-state index contributed by atoms with van der Waals surface area (Å²) in [5.74, 6) is -0.329. The minimum atomic E-state index is -0.794. The molecule has 0 saturated carbocycles. The number of esters is 1. The second kappa shape index (κ2) is 11.0. The van der Waals surface area contributed by atoms with E-state index in [9.17, 15) is 14.0 Å². The van der Waals surface area contributed by atoms with Gasteiger partial charge < -0.3 is 9.47 Å². The normalized spacial score (nSPS) is 15.1. The highest BCUT2D eigenvalue weighted by atomic mass is 32.1. The molecule has 1 aliphatic rings. The van der Waals surface area contributed by atoms with Crippen molar-refractivity contribution < 1.29 is 18.7 Å². The van der Waals surface area contributed by atoms with Crippen LogP contribution in [0.15, 0.2) is 99.9 Å². The van der Waals surface area contributed by atoms with E-state index in [1.54, 1.807) is 32.1 Å². The van der Waals surface area contributed by atoms with Crippen molar-refractivity contribution in [3.8, 4) is 5.75 Å². The molecule has 38 heavy (non-hydrogen) atoms. The molecule has 1 atom stereocenters. The number of halogens is 1. The number of rotatable bonds is 7. The van der Waals surface area contributed by atoms with E-state index in [0.29, 0.717) is 33.0 Å². The lowest BCUT2D eigenvalue weighted by atomic mass is 9.96. The van der Waals surface area contributed by atoms with E-state index in [1.165, 1.54) is 28.0 Å². The van der Waals surface area contributed by atoms with Gasteiger partial charge >= 0.3 is 5.97 Å². The molecule has 3 aromatic carbocycles. The molecule has 192 valence electrons. The molecule has 0 amide bonds. The first-order chi connectivity index (χ1) is 18.5. The molecule has 0 fully saturated rings. The van der Waals surface area contributed by atoms with E-state index < -0.39 is 17.8 Å². The molecule has 1 aliphatic heterocycles. The molecule has 6 nitrogen and oxygen atoms in total. The number of carbonyl (C=O) groups is 1. The van der Waals surface area contributed by atoms with Gasteiger partial charge in [-0.15, -0.1) is 0 Å². The fraction of sp³-hybridized carbons (Fsp3) is 0.167. The maximum absolute atomic E-state index is 13.8. The number of para-hydroxylation sites is 1. The highest BCUT2D eigenvalue weighted by Crippen LogP contribution is 2.31. The lowest BCUT2D eigenvalue weighted by Crippen LogP contribution is -2.39. The highest BCUT2D eigenvalue weighted by molar-refractivity contribution is 7.07. The van der Waals surface area contributed by atoms with Gasteiger partial charge in [-0.25, -0.2) is 14.2 Å². The maximum atomic E-state index is 13.8. The van der Waals surface area contributed by atoms with Crippen LogP contribution in [0.3, 0.4) is 0 Å². The third-order valence-electron chi connectivity index (χ3n) is 6.15. The number of ether oxygens (including phenoxy) is 2. The van der Waals surface area contributed by atoms with Gasteiger partial charge in [0.15, 0.2) is 4.80 Å². The van der Waals surface area contributed by atoms with E-state index in [0.717, 1.165) is 11.1 Å². The fourth-order valence-electron chi connectivity index (χ4n) is 4.36. The summed E-state index contributed by atoms with van der Waals surface area (Å²) in [5, 5.41) is 0. The number of aromatic nitrogens is 1. The molecule has 0 spiro atoms. The molecule has 0 aliphatic carbocycles. The van der Waals surface area contributed by atoms with E-state index >= 15 is 0 Å². The molecular formula is C30H25FN2O4S. The van der Waals surface area contributed by atoms with Crippen LogP contribution in [0.2, 0.25) is 0 Å². The van der Waals surface area contributed by atoms with Gasteiger partial charge in [0.2, 0.25) is 0 Å². The van der Waals surface area contributed by atoms with Gasteiger partial charge in [0.25, 0.3) is 5.56 Å². The van der Waals surface area contributed by atoms with Crippen LogP contribution >= 0.6 is 11.3 Å². The van der Waals surface area contributed by atoms with Crippen molar-refractivity contribution in [3.63, 3.8) is 0 Å². The number of hydrogen-bond donors (Lipinski definition) is 0. The largest absolute Gasteiger partial charge is 0.488 e. The summed E-state index contributed by atoms with van der Waals surface area (Å²) < 4.78 is 27.0. The molecule has 4 aromatic rings. The Bertz CT molecular complexity index is 1690. The van der Waals surface area contributed by atoms with Crippen LogP contribution in [0.1, 0.15) is 36.6 Å². The molecule has 0 unspecified atom stereocenters. The fourth-order valence-corrected chi connectivity index (χ4v) is 5.40. The number of thiazole rings is 1. The Kier molecular flexibility index (Phi) is 7.33. The topological polar surface area (TPSA) is 69.9 Å². The van der Waals surface area contributed by atoms with Crippen molar-refractivity contribution in [1.82, 2.24) is 4.57 Å². The molecular weight excluding hydrogens is 503 g/mol. The highest BCUT2D eigenvalue weighted by Gasteiger charge is 2.33. The number of carbonyl (C=O) groups excluding carboxylic acids is 1. The number of allylic oxidation sites excluding steroid dienone is 1. The Labute approximate surface area is 222 Å². The summed E-state index contributed by atoms with van der Waals surface area (Å²) in [4.78, 5) is 31.8. The minimum absolute atomic E-state index is 0.177. The molecule has 8 heteroatoms. The lowest BCUT2D eigenvalue weighted by Gasteiger charge is -2.24. The van der Waals surface area contributed by atoms with Crippen LogP contribution in [0.5, 0.6) is 5.75 Å². The van der Waals surface area contributed by atoms with Crippen molar-refractivity contribution >= 4 is 23.4 Å². The van der Waals surface area contributed by atoms with Gasteiger partial charge in [0.05, 0.1) is 28.5 Å². The molecule has 0 saturated heterocycles. The third kappa shape index (κ3) is 5.08. The van der Waals surface area contributed by atoms with Crippen LogP contribution in [0.25, 0.3) is 6.08 Å². The second-order valence-corrected chi connectivity index (χ2v) is 9.68. The summed E-state index contributed by atoms with van der Waals surface area (Å²) in [6.07, 6.45) is 1.77. The smallest absolute Gasteiger partial charge is 0.338 e. The zero-order chi connectivity index (χ0) is 26.6. The summed E-state index contributed by atoms with van der Waals surface area (Å²) in [6, 6.07) is 22.3. The van der Waals surface area contributed by atoms with Gasteiger partial charge in [-0.2, -0.15) is 0 Å². The van der Waals surface area contributed by atoms with E-state index in [-0.39, 0.29) is 17.7 Å². The Morgan fingerprint density at radius 1 is 1.05 bits per heavy atom. The van der Waals surface area contributed by atoms with Gasteiger partial charge in [0.1, 0.15) is 18.2 Å².